The fraction of sp³-hybridized carbons (Fsp3) is 0.538. The van der Waals surface area contributed by atoms with E-state index >= 15 is 0 Å². The number of benzene rings is 1. The molecular weight excluding hydrogens is 236 g/mol. The number of piperazine rings is 1. The summed E-state index contributed by atoms with van der Waals surface area (Å²) in [4.78, 5) is 2.32. The number of likely N-dealkylation sites (N-methyl/N-ethyl adjacent to an activating group) is 1. The Labute approximate surface area is 106 Å². The summed E-state index contributed by atoms with van der Waals surface area (Å²) in [5.74, 6) is -1.62. The molecule has 1 fully saturated rings. The van der Waals surface area contributed by atoms with E-state index in [9.17, 15) is 8.78 Å². The lowest BCUT2D eigenvalue weighted by Gasteiger charge is -2.33. The molecule has 3 nitrogen and oxygen atoms in total. The number of nitrogens with one attached hydrogen (secondary N) is 2. The van der Waals surface area contributed by atoms with Gasteiger partial charge < -0.3 is 15.5 Å². The molecule has 5 heteroatoms. The van der Waals surface area contributed by atoms with Crippen molar-refractivity contribution in [2.24, 2.45) is 0 Å². The second-order valence-electron chi connectivity index (χ2n) is 4.68. The highest BCUT2D eigenvalue weighted by Crippen LogP contribution is 2.13. The third-order valence-electron chi connectivity index (χ3n) is 3.37. The first-order chi connectivity index (χ1) is 8.66. The summed E-state index contributed by atoms with van der Waals surface area (Å²) >= 11 is 0. The van der Waals surface area contributed by atoms with E-state index in [0.29, 0.717) is 11.7 Å². The van der Waals surface area contributed by atoms with Crippen molar-refractivity contribution in [3.63, 3.8) is 0 Å². The second-order valence-corrected chi connectivity index (χ2v) is 4.68. The van der Waals surface area contributed by atoms with E-state index in [-0.39, 0.29) is 0 Å². The van der Waals surface area contributed by atoms with Crippen LogP contribution < -0.4 is 10.6 Å². The maximum absolute atomic E-state index is 13.0. The van der Waals surface area contributed by atoms with Crippen LogP contribution in [0.25, 0.3) is 0 Å². The van der Waals surface area contributed by atoms with Crippen LogP contribution in [0.5, 0.6) is 0 Å². The molecule has 100 valence electrons. The summed E-state index contributed by atoms with van der Waals surface area (Å²) < 4.78 is 25.7. The van der Waals surface area contributed by atoms with Crippen LogP contribution >= 0.6 is 0 Å². The molecular formula is C13H19F2N3. The predicted molar refractivity (Wildman–Crippen MR) is 68.8 cm³/mol. The molecule has 1 aliphatic rings. The minimum Gasteiger partial charge on any atom is -0.385 e. The molecule has 0 amide bonds. The Morgan fingerprint density at radius 1 is 1.39 bits per heavy atom. The molecule has 0 spiro atoms. The molecule has 1 unspecified atom stereocenters. The normalized spacial score (nSPS) is 20.9. The van der Waals surface area contributed by atoms with Crippen molar-refractivity contribution >= 4 is 5.69 Å². The van der Waals surface area contributed by atoms with Gasteiger partial charge >= 0.3 is 0 Å². The Bertz CT molecular complexity index is 398. The number of anilines is 1. The Morgan fingerprint density at radius 3 is 2.94 bits per heavy atom. The first kappa shape index (κ1) is 13.2. The molecule has 0 aromatic heterocycles. The van der Waals surface area contributed by atoms with Gasteiger partial charge in [-0.1, -0.05) is 0 Å². The summed E-state index contributed by atoms with van der Waals surface area (Å²) in [6.07, 6.45) is 0.975. The van der Waals surface area contributed by atoms with Crippen molar-refractivity contribution in [3.05, 3.63) is 29.8 Å². The van der Waals surface area contributed by atoms with Crippen LogP contribution in [0.4, 0.5) is 14.5 Å². The zero-order chi connectivity index (χ0) is 13.0. The van der Waals surface area contributed by atoms with Crippen LogP contribution in [-0.4, -0.2) is 44.2 Å². The van der Waals surface area contributed by atoms with E-state index in [1.807, 2.05) is 0 Å². The number of halogens is 2. The molecule has 2 N–H and O–H groups in total. The van der Waals surface area contributed by atoms with Gasteiger partial charge in [-0.05, 0) is 31.7 Å². The van der Waals surface area contributed by atoms with Gasteiger partial charge in [0.05, 0.1) is 0 Å². The lowest BCUT2D eigenvalue weighted by molar-refractivity contribution is 0.194. The van der Waals surface area contributed by atoms with Crippen LogP contribution in [0.3, 0.4) is 0 Å². The molecule has 18 heavy (non-hydrogen) atoms. The van der Waals surface area contributed by atoms with Gasteiger partial charge in [0.15, 0.2) is 11.6 Å². The quantitative estimate of drug-likeness (QED) is 0.857. The van der Waals surface area contributed by atoms with Crippen molar-refractivity contribution in [3.8, 4) is 0 Å². The minimum absolute atomic E-state index is 0.497. The number of hydrogen-bond acceptors (Lipinski definition) is 3. The molecule has 1 aromatic rings. The molecule has 0 saturated carbocycles. The van der Waals surface area contributed by atoms with Crippen molar-refractivity contribution in [1.82, 2.24) is 10.2 Å². The topological polar surface area (TPSA) is 27.3 Å². The monoisotopic (exact) mass is 255 g/mol. The largest absolute Gasteiger partial charge is 0.385 e. The summed E-state index contributed by atoms with van der Waals surface area (Å²) in [5, 5.41) is 6.47. The SMILES string of the molecule is CN1CCNCC1CCNc1ccc(F)c(F)c1. The van der Waals surface area contributed by atoms with Gasteiger partial charge in [0.25, 0.3) is 0 Å². The summed E-state index contributed by atoms with van der Waals surface area (Å²) in [6.45, 7) is 3.82. The molecule has 0 aliphatic carbocycles. The van der Waals surface area contributed by atoms with E-state index in [0.717, 1.165) is 38.7 Å². The molecule has 1 aliphatic heterocycles. The highest BCUT2D eigenvalue weighted by molar-refractivity contribution is 5.43. The van der Waals surface area contributed by atoms with E-state index < -0.39 is 11.6 Å². The van der Waals surface area contributed by atoms with Gasteiger partial charge in [-0.3, -0.25) is 0 Å². The van der Waals surface area contributed by atoms with Gasteiger partial charge in [0.1, 0.15) is 0 Å². The second kappa shape index (κ2) is 6.11. The molecule has 0 bridgehead atoms. The summed E-state index contributed by atoms with van der Waals surface area (Å²) in [6, 6.07) is 4.39. The van der Waals surface area contributed by atoms with Crippen LogP contribution in [0.15, 0.2) is 18.2 Å². The molecule has 1 atom stereocenters. The highest BCUT2D eigenvalue weighted by atomic mass is 19.2. The molecule has 1 aromatic carbocycles. The number of nitrogens with zero attached hydrogens (tertiary/aromatic N) is 1. The standard InChI is InChI=1S/C13H19F2N3/c1-18-7-6-16-9-11(18)4-5-17-10-2-3-12(14)13(15)8-10/h2-3,8,11,16-17H,4-7,9H2,1H3. The van der Waals surface area contributed by atoms with Gasteiger partial charge in [0, 0.05) is 37.9 Å². The van der Waals surface area contributed by atoms with Crippen LogP contribution in [0, 0.1) is 11.6 Å². The van der Waals surface area contributed by atoms with Crippen molar-refractivity contribution in [1.29, 1.82) is 0 Å². The van der Waals surface area contributed by atoms with E-state index in [2.05, 4.69) is 22.6 Å². The Kier molecular flexibility index (Phi) is 4.49. The maximum atomic E-state index is 13.0. The third kappa shape index (κ3) is 3.40. The van der Waals surface area contributed by atoms with E-state index in [1.165, 1.54) is 6.07 Å². The van der Waals surface area contributed by atoms with Crippen molar-refractivity contribution in [2.45, 2.75) is 12.5 Å². The lowest BCUT2D eigenvalue weighted by atomic mass is 10.1. The maximum Gasteiger partial charge on any atom is 0.160 e. The summed E-state index contributed by atoms with van der Waals surface area (Å²) in [7, 11) is 2.11. The predicted octanol–water partition coefficient (Wildman–Crippen LogP) is 1.67. The first-order valence-corrected chi connectivity index (χ1v) is 6.26. The van der Waals surface area contributed by atoms with Crippen molar-refractivity contribution in [2.75, 3.05) is 38.5 Å². The zero-order valence-corrected chi connectivity index (χ0v) is 10.5. The smallest absolute Gasteiger partial charge is 0.160 e. The number of hydrogen-bond donors (Lipinski definition) is 2. The Hall–Kier alpha value is -1.20. The molecule has 1 heterocycles. The van der Waals surface area contributed by atoms with Gasteiger partial charge in [-0.25, -0.2) is 8.78 Å². The van der Waals surface area contributed by atoms with E-state index in [4.69, 9.17) is 0 Å². The summed E-state index contributed by atoms with van der Waals surface area (Å²) in [5.41, 5.74) is 0.625. The third-order valence-corrected chi connectivity index (χ3v) is 3.37. The zero-order valence-electron chi connectivity index (χ0n) is 10.5. The number of rotatable bonds is 4. The lowest BCUT2D eigenvalue weighted by Crippen LogP contribution is -2.49. The average Bonchev–Trinajstić information content (AvgIpc) is 2.36. The first-order valence-electron chi connectivity index (χ1n) is 6.26. The fourth-order valence-electron chi connectivity index (χ4n) is 2.17. The molecule has 1 saturated heterocycles. The van der Waals surface area contributed by atoms with Crippen LogP contribution in [0.2, 0.25) is 0 Å². The average molecular weight is 255 g/mol. The van der Waals surface area contributed by atoms with Gasteiger partial charge in [0.2, 0.25) is 0 Å². The fourth-order valence-corrected chi connectivity index (χ4v) is 2.17. The van der Waals surface area contributed by atoms with E-state index in [1.54, 1.807) is 6.07 Å². The highest BCUT2D eigenvalue weighted by Gasteiger charge is 2.17. The van der Waals surface area contributed by atoms with Gasteiger partial charge in [-0.2, -0.15) is 0 Å². The van der Waals surface area contributed by atoms with Crippen LogP contribution in [-0.2, 0) is 0 Å². The van der Waals surface area contributed by atoms with Crippen molar-refractivity contribution < 1.29 is 8.78 Å². The minimum atomic E-state index is -0.809. The molecule has 0 radical (unpaired) electrons. The Morgan fingerprint density at radius 2 is 2.22 bits per heavy atom. The van der Waals surface area contributed by atoms with Gasteiger partial charge in [-0.15, -0.1) is 0 Å². The Balaban J connectivity index is 1.79. The molecule has 2 rings (SSSR count). The van der Waals surface area contributed by atoms with Crippen LogP contribution in [0.1, 0.15) is 6.42 Å².